The van der Waals surface area contributed by atoms with Gasteiger partial charge in [0.2, 0.25) is 0 Å². The summed E-state index contributed by atoms with van der Waals surface area (Å²) in [7, 11) is 0. The Morgan fingerprint density at radius 3 is 2.60 bits per heavy atom. The number of halogens is 2. The molecule has 0 spiro atoms. The number of hydrogen-bond acceptors (Lipinski definition) is 5. The van der Waals surface area contributed by atoms with Crippen LogP contribution < -0.4 is 0 Å². The minimum Gasteiger partial charge on any atom is -0.444 e. The van der Waals surface area contributed by atoms with Crippen molar-refractivity contribution in [2.75, 3.05) is 0 Å². The molecule has 9 heteroatoms. The van der Waals surface area contributed by atoms with E-state index < -0.39 is 5.60 Å². The largest absolute Gasteiger partial charge is 0.444 e. The number of hydrogen-bond donors (Lipinski definition) is 0. The van der Waals surface area contributed by atoms with Gasteiger partial charge in [-0.15, -0.1) is 10.2 Å². The van der Waals surface area contributed by atoms with Gasteiger partial charge in [-0.05, 0) is 82.2 Å². The van der Waals surface area contributed by atoms with Crippen molar-refractivity contribution in [1.29, 1.82) is 0 Å². The third-order valence-corrected chi connectivity index (χ3v) is 7.67. The van der Waals surface area contributed by atoms with Crippen molar-refractivity contribution in [3.05, 3.63) is 52.6 Å². The highest BCUT2D eigenvalue weighted by atomic mass is 35.5. The number of aliphatic imine (C=N–C) groups is 1. The fraction of sp³-hybridized carbons (Fsp3) is 0.538. The Hall–Kier alpha value is -2.38. The van der Waals surface area contributed by atoms with Crippen LogP contribution in [0.1, 0.15) is 69.6 Å². The van der Waals surface area contributed by atoms with Gasteiger partial charge in [-0.2, -0.15) is 0 Å². The number of amides is 1. The molecule has 186 valence electrons. The number of rotatable bonds is 2. The summed E-state index contributed by atoms with van der Waals surface area (Å²) >= 11 is 12.8. The second-order valence-electron chi connectivity index (χ2n) is 10.7. The molecule has 2 atom stereocenters. The highest BCUT2D eigenvalue weighted by molar-refractivity contribution is 6.30. The highest BCUT2D eigenvalue weighted by Gasteiger charge is 2.35. The summed E-state index contributed by atoms with van der Waals surface area (Å²) in [5, 5.41) is 9.82. The molecule has 1 aliphatic carbocycles. The number of ether oxygens (including phenoxy) is 1. The van der Waals surface area contributed by atoms with Crippen LogP contribution in [0.5, 0.6) is 0 Å². The van der Waals surface area contributed by atoms with Gasteiger partial charge in [-0.3, -0.25) is 14.5 Å². The molecule has 2 aliphatic heterocycles. The molecule has 1 aromatic carbocycles. The van der Waals surface area contributed by atoms with E-state index in [1.165, 1.54) is 0 Å². The van der Waals surface area contributed by atoms with Crippen molar-refractivity contribution in [3.8, 4) is 5.69 Å². The maximum Gasteiger partial charge on any atom is 0.411 e. The number of dihydropyridines is 1. The first-order valence-electron chi connectivity index (χ1n) is 12.2. The van der Waals surface area contributed by atoms with Crippen LogP contribution in [0.15, 0.2) is 35.3 Å². The van der Waals surface area contributed by atoms with Gasteiger partial charge in [0.1, 0.15) is 16.9 Å². The van der Waals surface area contributed by atoms with Gasteiger partial charge in [0, 0.05) is 23.1 Å². The van der Waals surface area contributed by atoms with E-state index in [2.05, 4.69) is 25.8 Å². The summed E-state index contributed by atoms with van der Waals surface area (Å²) in [5.74, 6) is 2.77. The van der Waals surface area contributed by atoms with E-state index in [0.29, 0.717) is 24.0 Å². The number of carbonyl (C=O) groups is 1. The van der Waals surface area contributed by atoms with Crippen LogP contribution in [-0.4, -0.2) is 43.1 Å². The number of fused-ring (bicyclic) bond motifs is 3. The lowest BCUT2D eigenvalue weighted by molar-refractivity contribution is 0.0214. The Bertz CT molecular complexity index is 1160. The van der Waals surface area contributed by atoms with Crippen LogP contribution in [0.2, 0.25) is 5.02 Å². The molecule has 3 aliphatic rings. The minimum absolute atomic E-state index is 0.179. The van der Waals surface area contributed by atoms with Crippen LogP contribution in [-0.2, 0) is 17.8 Å². The number of carbonyl (C=O) groups excluding carboxylic acids is 1. The van der Waals surface area contributed by atoms with Gasteiger partial charge in [-0.1, -0.05) is 29.3 Å². The number of allylic oxidation sites excluding steroid dienone is 1. The van der Waals surface area contributed by atoms with Crippen molar-refractivity contribution in [3.63, 3.8) is 0 Å². The van der Waals surface area contributed by atoms with E-state index in [4.69, 9.17) is 27.9 Å². The zero-order chi connectivity index (χ0) is 24.7. The van der Waals surface area contributed by atoms with Gasteiger partial charge < -0.3 is 4.74 Å². The molecule has 3 heterocycles. The zero-order valence-electron chi connectivity index (χ0n) is 20.3. The highest BCUT2D eigenvalue weighted by Crippen LogP contribution is 2.42. The lowest BCUT2D eigenvalue weighted by atomic mass is 9.75. The molecule has 2 unspecified atom stereocenters. The number of nitrogens with zero attached hydrogens (tertiary/aromatic N) is 5. The SMILES string of the molecule is CC(C)(C)OC(=O)N1Cc2cc(Cl)ccc2-n2c(nnc2C2CCC(C3C=CC=NC3Cl)CC2)C1. The summed E-state index contributed by atoms with van der Waals surface area (Å²) < 4.78 is 7.80. The van der Waals surface area contributed by atoms with E-state index in [-0.39, 0.29) is 23.4 Å². The van der Waals surface area contributed by atoms with Crippen molar-refractivity contribution in [1.82, 2.24) is 19.7 Å². The molecular formula is C26H31Cl2N5O2. The summed E-state index contributed by atoms with van der Waals surface area (Å²) in [4.78, 5) is 19.0. The van der Waals surface area contributed by atoms with E-state index >= 15 is 0 Å². The Labute approximate surface area is 216 Å². The molecule has 0 bridgehead atoms. The maximum absolute atomic E-state index is 13.0. The van der Waals surface area contributed by atoms with E-state index in [1.807, 2.05) is 45.0 Å². The molecule has 0 saturated heterocycles. The molecule has 1 fully saturated rings. The molecule has 7 nitrogen and oxygen atoms in total. The number of benzene rings is 1. The number of alkyl halides is 1. The lowest BCUT2D eigenvalue weighted by Crippen LogP contribution is -2.35. The topological polar surface area (TPSA) is 72.6 Å². The number of aromatic nitrogens is 3. The quantitative estimate of drug-likeness (QED) is 0.349. The van der Waals surface area contributed by atoms with Crippen LogP contribution in [0.4, 0.5) is 4.79 Å². The first-order chi connectivity index (χ1) is 16.7. The van der Waals surface area contributed by atoms with E-state index in [1.54, 1.807) is 11.1 Å². The van der Waals surface area contributed by atoms with E-state index in [0.717, 1.165) is 48.6 Å². The monoisotopic (exact) mass is 515 g/mol. The average Bonchev–Trinajstić information content (AvgIpc) is 3.14. The molecule has 0 radical (unpaired) electrons. The third-order valence-electron chi connectivity index (χ3n) is 7.03. The van der Waals surface area contributed by atoms with E-state index in [9.17, 15) is 4.79 Å². The van der Waals surface area contributed by atoms with Crippen molar-refractivity contribution in [2.45, 2.75) is 76.6 Å². The summed E-state index contributed by atoms with van der Waals surface area (Å²) in [5.41, 5.74) is 1.16. The molecule has 2 aromatic rings. The van der Waals surface area contributed by atoms with Crippen LogP contribution in [0.25, 0.3) is 5.69 Å². The summed E-state index contributed by atoms with van der Waals surface area (Å²) in [6.07, 6.45) is 9.78. The third kappa shape index (κ3) is 5.12. The van der Waals surface area contributed by atoms with Crippen molar-refractivity contribution >= 4 is 35.5 Å². The standard InChI is InChI=1S/C26H31Cl2N5O2/c1-26(2,3)35-25(34)32-14-18-13-19(27)10-11-21(18)33-22(15-32)30-31-24(33)17-8-6-16(7-9-17)20-5-4-12-29-23(20)28/h4-5,10-13,16-17,20,23H,6-9,14-15H2,1-3H3. The molecule has 1 aromatic heterocycles. The Balaban J connectivity index is 1.42. The predicted octanol–water partition coefficient (Wildman–Crippen LogP) is 6.27. The first-order valence-corrected chi connectivity index (χ1v) is 13.1. The van der Waals surface area contributed by atoms with Crippen LogP contribution in [0.3, 0.4) is 0 Å². The fourth-order valence-electron chi connectivity index (χ4n) is 5.39. The van der Waals surface area contributed by atoms with Crippen LogP contribution >= 0.6 is 23.2 Å². The molecule has 0 N–H and O–H groups in total. The fourth-order valence-corrected chi connectivity index (χ4v) is 5.94. The Morgan fingerprint density at radius 2 is 1.89 bits per heavy atom. The molecule has 5 rings (SSSR count). The normalized spacial score (nSPS) is 26.1. The van der Waals surface area contributed by atoms with Gasteiger partial charge in [-0.25, -0.2) is 4.79 Å². The van der Waals surface area contributed by atoms with Gasteiger partial charge in [0.15, 0.2) is 5.82 Å². The zero-order valence-corrected chi connectivity index (χ0v) is 21.8. The van der Waals surface area contributed by atoms with Crippen molar-refractivity contribution in [2.24, 2.45) is 16.8 Å². The van der Waals surface area contributed by atoms with Gasteiger partial charge >= 0.3 is 6.09 Å². The molecule has 35 heavy (non-hydrogen) atoms. The average molecular weight is 516 g/mol. The Morgan fingerprint density at radius 1 is 1.11 bits per heavy atom. The second-order valence-corrected chi connectivity index (χ2v) is 11.5. The molecule has 1 amide bonds. The molecule has 1 saturated carbocycles. The Kier molecular flexibility index (Phi) is 6.66. The van der Waals surface area contributed by atoms with Gasteiger partial charge in [0.05, 0.1) is 18.8 Å². The second kappa shape index (κ2) is 9.58. The van der Waals surface area contributed by atoms with Crippen molar-refractivity contribution < 1.29 is 9.53 Å². The smallest absolute Gasteiger partial charge is 0.411 e. The van der Waals surface area contributed by atoms with Crippen LogP contribution in [0, 0.1) is 11.8 Å². The lowest BCUT2D eigenvalue weighted by Gasteiger charge is -2.34. The van der Waals surface area contributed by atoms with Gasteiger partial charge in [0.25, 0.3) is 0 Å². The first kappa shape index (κ1) is 24.3. The molecular weight excluding hydrogens is 485 g/mol. The summed E-state index contributed by atoms with van der Waals surface area (Å²) in [6.45, 7) is 6.32. The minimum atomic E-state index is -0.584. The maximum atomic E-state index is 13.0. The summed E-state index contributed by atoms with van der Waals surface area (Å²) in [6, 6.07) is 5.80. The predicted molar refractivity (Wildman–Crippen MR) is 137 cm³/mol.